The van der Waals surface area contributed by atoms with Gasteiger partial charge < -0.3 is 5.32 Å². The number of hydrogen-bond donors (Lipinski definition) is 1. The SMILES string of the molecule is CS[C@H](C)C(=O)Nc1cccc(-c2nc3ccccc3s2)c1. The second kappa shape index (κ2) is 6.50. The van der Waals surface area contributed by atoms with Gasteiger partial charge in [-0.25, -0.2) is 4.98 Å². The van der Waals surface area contributed by atoms with Crippen LogP contribution in [0.25, 0.3) is 20.8 Å². The zero-order valence-electron chi connectivity index (χ0n) is 12.4. The summed E-state index contributed by atoms with van der Waals surface area (Å²) in [6.07, 6.45) is 1.93. The molecule has 3 rings (SSSR count). The summed E-state index contributed by atoms with van der Waals surface area (Å²) in [6, 6.07) is 15.9. The van der Waals surface area contributed by atoms with Crippen molar-refractivity contribution in [3.8, 4) is 10.6 Å². The van der Waals surface area contributed by atoms with Crippen LogP contribution in [0.3, 0.4) is 0 Å². The van der Waals surface area contributed by atoms with E-state index in [1.165, 1.54) is 16.5 Å². The topological polar surface area (TPSA) is 42.0 Å². The zero-order valence-corrected chi connectivity index (χ0v) is 14.0. The van der Waals surface area contributed by atoms with Crippen molar-refractivity contribution in [2.45, 2.75) is 12.2 Å². The third kappa shape index (κ3) is 3.15. The maximum Gasteiger partial charge on any atom is 0.237 e. The van der Waals surface area contributed by atoms with Crippen LogP contribution in [0.4, 0.5) is 5.69 Å². The van der Waals surface area contributed by atoms with Crippen LogP contribution in [-0.4, -0.2) is 22.4 Å². The van der Waals surface area contributed by atoms with Gasteiger partial charge in [-0.15, -0.1) is 11.3 Å². The van der Waals surface area contributed by atoms with Gasteiger partial charge in [-0.05, 0) is 37.4 Å². The average Bonchev–Trinajstić information content (AvgIpc) is 2.98. The number of rotatable bonds is 4. The molecule has 0 aliphatic carbocycles. The van der Waals surface area contributed by atoms with E-state index in [4.69, 9.17) is 0 Å². The van der Waals surface area contributed by atoms with Crippen LogP contribution >= 0.6 is 23.1 Å². The van der Waals surface area contributed by atoms with Crippen LogP contribution in [-0.2, 0) is 4.79 Å². The molecule has 0 aliphatic heterocycles. The number of carbonyl (C=O) groups is 1. The number of amides is 1. The summed E-state index contributed by atoms with van der Waals surface area (Å²) in [6.45, 7) is 1.90. The first-order chi connectivity index (χ1) is 10.7. The average molecular weight is 328 g/mol. The van der Waals surface area contributed by atoms with E-state index in [1.807, 2.05) is 55.6 Å². The number of nitrogens with zero attached hydrogens (tertiary/aromatic N) is 1. The summed E-state index contributed by atoms with van der Waals surface area (Å²) < 4.78 is 1.17. The number of hydrogen-bond acceptors (Lipinski definition) is 4. The predicted octanol–water partition coefficient (Wildman–Crippen LogP) is 4.65. The monoisotopic (exact) mass is 328 g/mol. The fourth-order valence-electron chi connectivity index (χ4n) is 2.08. The first-order valence-electron chi connectivity index (χ1n) is 6.97. The van der Waals surface area contributed by atoms with Crippen molar-refractivity contribution >= 4 is 44.9 Å². The van der Waals surface area contributed by atoms with Crippen molar-refractivity contribution in [2.75, 3.05) is 11.6 Å². The molecule has 112 valence electrons. The number of anilines is 1. The molecule has 1 heterocycles. The van der Waals surface area contributed by atoms with Crippen LogP contribution in [0.1, 0.15) is 6.92 Å². The Morgan fingerprint density at radius 3 is 2.82 bits per heavy atom. The molecule has 1 N–H and O–H groups in total. The number of carbonyl (C=O) groups excluding carboxylic acids is 1. The Kier molecular flexibility index (Phi) is 4.45. The summed E-state index contributed by atoms with van der Waals surface area (Å²) in [4.78, 5) is 16.6. The lowest BCUT2D eigenvalue weighted by Crippen LogP contribution is -2.21. The molecule has 0 radical (unpaired) electrons. The Morgan fingerprint density at radius 2 is 2.05 bits per heavy atom. The molecule has 1 aromatic heterocycles. The van der Waals surface area contributed by atoms with Crippen molar-refractivity contribution < 1.29 is 4.79 Å². The van der Waals surface area contributed by atoms with Crippen LogP contribution in [0.5, 0.6) is 0 Å². The van der Waals surface area contributed by atoms with Crippen molar-refractivity contribution in [1.29, 1.82) is 0 Å². The van der Waals surface area contributed by atoms with E-state index < -0.39 is 0 Å². The number of nitrogens with one attached hydrogen (secondary N) is 1. The van der Waals surface area contributed by atoms with Gasteiger partial charge in [0.25, 0.3) is 0 Å². The summed E-state index contributed by atoms with van der Waals surface area (Å²) in [7, 11) is 0. The third-order valence-corrected chi connectivity index (χ3v) is 5.40. The van der Waals surface area contributed by atoms with E-state index in [1.54, 1.807) is 11.3 Å². The van der Waals surface area contributed by atoms with Crippen LogP contribution in [0, 0.1) is 0 Å². The lowest BCUT2D eigenvalue weighted by molar-refractivity contribution is -0.115. The molecular weight excluding hydrogens is 312 g/mol. The minimum atomic E-state index is -0.0638. The number of para-hydroxylation sites is 1. The van der Waals surface area contributed by atoms with Crippen molar-refractivity contribution in [1.82, 2.24) is 4.98 Å². The standard InChI is InChI=1S/C17H16N2OS2/c1-11(21-2)16(20)18-13-7-5-6-12(10-13)17-19-14-8-3-4-9-15(14)22-17/h3-11H,1-2H3,(H,18,20)/t11-/m1/s1. The molecular formula is C17H16N2OS2. The molecule has 0 bridgehead atoms. The van der Waals surface area contributed by atoms with E-state index >= 15 is 0 Å². The van der Waals surface area contributed by atoms with Crippen LogP contribution < -0.4 is 5.32 Å². The summed E-state index contributed by atoms with van der Waals surface area (Å²) >= 11 is 3.19. The fourth-order valence-corrected chi connectivity index (χ4v) is 3.31. The molecule has 0 unspecified atom stereocenters. The van der Waals surface area contributed by atoms with Gasteiger partial charge in [-0.3, -0.25) is 4.79 Å². The normalized spacial score (nSPS) is 12.3. The van der Waals surface area contributed by atoms with E-state index in [-0.39, 0.29) is 11.2 Å². The van der Waals surface area contributed by atoms with Gasteiger partial charge in [0.05, 0.1) is 15.5 Å². The number of benzene rings is 2. The molecule has 3 aromatic rings. The maximum atomic E-state index is 12.0. The smallest absolute Gasteiger partial charge is 0.237 e. The highest BCUT2D eigenvalue weighted by Gasteiger charge is 2.12. The molecule has 5 heteroatoms. The lowest BCUT2D eigenvalue weighted by Gasteiger charge is -2.10. The highest BCUT2D eigenvalue weighted by molar-refractivity contribution is 7.99. The van der Waals surface area contributed by atoms with Crippen LogP contribution in [0.15, 0.2) is 48.5 Å². The predicted molar refractivity (Wildman–Crippen MR) is 96.7 cm³/mol. The Labute approximate surface area is 137 Å². The highest BCUT2D eigenvalue weighted by atomic mass is 32.2. The van der Waals surface area contributed by atoms with Crippen LogP contribution in [0.2, 0.25) is 0 Å². The summed E-state index contributed by atoms with van der Waals surface area (Å²) in [5.41, 5.74) is 2.84. The van der Waals surface area contributed by atoms with Gasteiger partial charge in [0.2, 0.25) is 5.91 Å². The quantitative estimate of drug-likeness (QED) is 0.758. The Hall–Kier alpha value is -1.85. The number of fused-ring (bicyclic) bond motifs is 1. The fraction of sp³-hybridized carbons (Fsp3) is 0.176. The molecule has 1 atom stereocenters. The Balaban J connectivity index is 1.89. The van der Waals surface area contributed by atoms with E-state index in [2.05, 4.69) is 16.4 Å². The Bertz CT molecular complexity index is 780. The summed E-state index contributed by atoms with van der Waals surface area (Å²) in [5, 5.41) is 3.86. The van der Waals surface area contributed by atoms with Gasteiger partial charge in [-0.1, -0.05) is 24.3 Å². The molecule has 0 saturated carbocycles. The maximum absolute atomic E-state index is 12.0. The second-order valence-electron chi connectivity index (χ2n) is 4.93. The zero-order chi connectivity index (χ0) is 15.5. The Morgan fingerprint density at radius 1 is 1.23 bits per heavy atom. The van der Waals surface area contributed by atoms with Gasteiger partial charge >= 0.3 is 0 Å². The first kappa shape index (κ1) is 15.1. The third-order valence-electron chi connectivity index (χ3n) is 3.39. The molecule has 0 saturated heterocycles. The second-order valence-corrected chi connectivity index (χ2v) is 7.14. The molecule has 0 aliphatic rings. The van der Waals surface area contributed by atoms with E-state index in [0.29, 0.717) is 0 Å². The number of thioether (sulfide) groups is 1. The molecule has 0 spiro atoms. The molecule has 3 nitrogen and oxygen atoms in total. The number of thiazole rings is 1. The van der Waals surface area contributed by atoms with Gasteiger partial charge in [-0.2, -0.15) is 11.8 Å². The lowest BCUT2D eigenvalue weighted by atomic mass is 10.2. The van der Waals surface area contributed by atoms with Gasteiger partial charge in [0.15, 0.2) is 0 Å². The van der Waals surface area contributed by atoms with E-state index in [9.17, 15) is 4.79 Å². The van der Waals surface area contributed by atoms with Gasteiger partial charge in [0, 0.05) is 11.3 Å². The first-order valence-corrected chi connectivity index (χ1v) is 9.07. The molecule has 22 heavy (non-hydrogen) atoms. The highest BCUT2D eigenvalue weighted by Crippen LogP contribution is 2.31. The van der Waals surface area contributed by atoms with Gasteiger partial charge in [0.1, 0.15) is 5.01 Å². The molecule has 2 aromatic carbocycles. The number of aromatic nitrogens is 1. The molecule has 1 amide bonds. The van der Waals surface area contributed by atoms with E-state index in [0.717, 1.165) is 21.8 Å². The van der Waals surface area contributed by atoms with Crippen molar-refractivity contribution in [3.05, 3.63) is 48.5 Å². The largest absolute Gasteiger partial charge is 0.325 e. The van der Waals surface area contributed by atoms with Crippen molar-refractivity contribution in [2.24, 2.45) is 0 Å². The summed E-state index contributed by atoms with van der Waals surface area (Å²) in [5.74, 6) is 0.0222. The minimum Gasteiger partial charge on any atom is -0.325 e. The van der Waals surface area contributed by atoms with Crippen molar-refractivity contribution in [3.63, 3.8) is 0 Å². The minimum absolute atomic E-state index is 0.0222. The molecule has 0 fully saturated rings.